The third-order valence-corrected chi connectivity index (χ3v) is 7.53. The second kappa shape index (κ2) is 8.35. The Hall–Kier alpha value is -3.26. The van der Waals surface area contributed by atoms with Gasteiger partial charge in [0, 0.05) is 29.3 Å². The van der Waals surface area contributed by atoms with Gasteiger partial charge in [-0.1, -0.05) is 12.8 Å². The van der Waals surface area contributed by atoms with Gasteiger partial charge < -0.3 is 5.32 Å². The fourth-order valence-corrected chi connectivity index (χ4v) is 5.83. The molecule has 2 aliphatic carbocycles. The van der Waals surface area contributed by atoms with Gasteiger partial charge in [-0.3, -0.25) is 9.78 Å². The first kappa shape index (κ1) is 20.6. The van der Waals surface area contributed by atoms with E-state index in [0.717, 1.165) is 36.6 Å². The molecule has 2 fully saturated rings. The monoisotopic (exact) mass is 427 g/mol. The number of pyridine rings is 2. The summed E-state index contributed by atoms with van der Waals surface area (Å²) in [5.74, 6) is 4.84. The van der Waals surface area contributed by atoms with Crippen molar-refractivity contribution < 1.29 is 9.18 Å². The SMILES string of the molecule is C#Cc1ccc(NC(=O)C(C)[C@@H]2C[C@H]3C[C@@H](c4ccnc5ccc(F)cc45)C[C@H]3C2)nc1. The van der Waals surface area contributed by atoms with Crippen molar-refractivity contribution in [2.75, 3.05) is 5.32 Å². The van der Waals surface area contributed by atoms with Crippen molar-refractivity contribution in [1.82, 2.24) is 9.97 Å². The molecule has 1 aromatic carbocycles. The summed E-state index contributed by atoms with van der Waals surface area (Å²) in [7, 11) is 0. The van der Waals surface area contributed by atoms with Gasteiger partial charge in [0.1, 0.15) is 11.6 Å². The van der Waals surface area contributed by atoms with Crippen molar-refractivity contribution in [1.29, 1.82) is 0 Å². The van der Waals surface area contributed by atoms with E-state index in [1.807, 2.05) is 13.1 Å². The number of amides is 1. The topological polar surface area (TPSA) is 54.9 Å². The summed E-state index contributed by atoms with van der Waals surface area (Å²) in [6, 6.07) is 10.4. The maximum Gasteiger partial charge on any atom is 0.228 e. The molecule has 5 rings (SSSR count). The number of terminal acetylenes is 1. The third kappa shape index (κ3) is 3.86. The van der Waals surface area contributed by atoms with Crippen LogP contribution in [0.3, 0.4) is 0 Å². The molecule has 0 radical (unpaired) electrons. The van der Waals surface area contributed by atoms with E-state index in [1.54, 1.807) is 30.5 Å². The van der Waals surface area contributed by atoms with Crippen molar-refractivity contribution in [3.63, 3.8) is 0 Å². The molecule has 2 saturated carbocycles. The number of hydrogen-bond acceptors (Lipinski definition) is 3. The van der Waals surface area contributed by atoms with E-state index >= 15 is 0 Å². The average molecular weight is 428 g/mol. The number of aromatic nitrogens is 2. The average Bonchev–Trinajstić information content (AvgIpc) is 3.38. The van der Waals surface area contributed by atoms with Crippen molar-refractivity contribution in [2.24, 2.45) is 23.7 Å². The molecule has 3 aromatic rings. The standard InChI is InChI=1S/C27H26FN3O/c1-3-17-4-7-26(30-15-17)31-27(32)16(2)18-10-19-12-21(13-20(19)11-18)23-8-9-29-25-6-5-22(28)14-24(23)25/h1,4-9,14-16,18-21H,10-13H2,2H3,(H,30,31,32)/t16?,18-,19+,20-,21-. The van der Waals surface area contributed by atoms with Crippen LogP contribution in [-0.2, 0) is 4.79 Å². The first-order valence-electron chi connectivity index (χ1n) is 11.3. The number of benzene rings is 1. The maximum absolute atomic E-state index is 13.9. The predicted molar refractivity (Wildman–Crippen MR) is 123 cm³/mol. The zero-order valence-corrected chi connectivity index (χ0v) is 18.1. The molecule has 4 nitrogen and oxygen atoms in total. The maximum atomic E-state index is 13.9. The summed E-state index contributed by atoms with van der Waals surface area (Å²) >= 11 is 0. The van der Waals surface area contributed by atoms with Crippen LogP contribution < -0.4 is 5.32 Å². The zero-order valence-electron chi connectivity index (χ0n) is 18.1. The Labute approximate surface area is 187 Å². The van der Waals surface area contributed by atoms with E-state index in [0.29, 0.717) is 35.1 Å². The molecule has 0 aliphatic heterocycles. The molecule has 2 heterocycles. The molecule has 1 amide bonds. The van der Waals surface area contributed by atoms with E-state index in [4.69, 9.17) is 6.42 Å². The number of anilines is 1. The molecule has 2 aliphatic rings. The highest BCUT2D eigenvalue weighted by Crippen LogP contribution is 2.54. The molecule has 5 atom stereocenters. The van der Waals surface area contributed by atoms with E-state index in [-0.39, 0.29) is 17.6 Å². The molecule has 32 heavy (non-hydrogen) atoms. The van der Waals surface area contributed by atoms with E-state index in [2.05, 4.69) is 27.3 Å². The largest absolute Gasteiger partial charge is 0.310 e. The highest BCUT2D eigenvalue weighted by atomic mass is 19.1. The molecule has 1 unspecified atom stereocenters. The van der Waals surface area contributed by atoms with Gasteiger partial charge in [-0.25, -0.2) is 9.37 Å². The molecule has 0 saturated heterocycles. The number of rotatable bonds is 4. The molecule has 162 valence electrons. The second-order valence-electron chi connectivity index (χ2n) is 9.34. The molecule has 0 bridgehead atoms. The normalized spacial score (nSPS) is 25.3. The predicted octanol–water partition coefficient (Wildman–Crippen LogP) is 5.54. The van der Waals surface area contributed by atoms with Crippen LogP contribution >= 0.6 is 0 Å². The number of carbonyl (C=O) groups is 1. The van der Waals surface area contributed by atoms with Gasteiger partial charge in [-0.05, 0) is 91.3 Å². The minimum atomic E-state index is -0.215. The van der Waals surface area contributed by atoms with Gasteiger partial charge >= 0.3 is 0 Å². The highest BCUT2D eigenvalue weighted by molar-refractivity contribution is 5.91. The molecule has 2 aromatic heterocycles. The lowest BCUT2D eigenvalue weighted by Crippen LogP contribution is -2.26. The quantitative estimate of drug-likeness (QED) is 0.556. The number of nitrogens with zero attached hydrogens (tertiary/aromatic N) is 2. The summed E-state index contributed by atoms with van der Waals surface area (Å²) in [4.78, 5) is 21.4. The van der Waals surface area contributed by atoms with Crippen LogP contribution in [0.25, 0.3) is 10.9 Å². The van der Waals surface area contributed by atoms with Crippen LogP contribution in [0.2, 0.25) is 0 Å². The van der Waals surface area contributed by atoms with Crippen LogP contribution in [0.15, 0.2) is 48.8 Å². The van der Waals surface area contributed by atoms with Crippen LogP contribution in [0.5, 0.6) is 0 Å². The Kier molecular flexibility index (Phi) is 5.38. The van der Waals surface area contributed by atoms with Crippen LogP contribution in [0, 0.1) is 41.8 Å². The van der Waals surface area contributed by atoms with Crippen molar-refractivity contribution >= 4 is 22.6 Å². The molecular formula is C27H26FN3O. The Morgan fingerprint density at radius 3 is 2.59 bits per heavy atom. The molecule has 1 N–H and O–H groups in total. The van der Waals surface area contributed by atoms with Crippen molar-refractivity contribution in [2.45, 2.75) is 38.5 Å². The van der Waals surface area contributed by atoms with Crippen LogP contribution in [0.1, 0.15) is 49.7 Å². The first-order chi connectivity index (χ1) is 15.5. The number of nitrogens with one attached hydrogen (secondary N) is 1. The second-order valence-corrected chi connectivity index (χ2v) is 9.34. The van der Waals surface area contributed by atoms with Gasteiger partial charge in [0.25, 0.3) is 0 Å². The fourth-order valence-electron chi connectivity index (χ4n) is 5.83. The van der Waals surface area contributed by atoms with E-state index in [1.165, 1.54) is 11.6 Å². The fraction of sp³-hybridized carbons (Fsp3) is 0.370. The van der Waals surface area contributed by atoms with E-state index in [9.17, 15) is 9.18 Å². The Balaban J connectivity index is 1.23. The number of fused-ring (bicyclic) bond motifs is 2. The summed E-state index contributed by atoms with van der Waals surface area (Å²) < 4.78 is 13.9. The molecule has 5 heteroatoms. The Morgan fingerprint density at radius 1 is 1.12 bits per heavy atom. The number of hydrogen-bond donors (Lipinski definition) is 1. The van der Waals surface area contributed by atoms with Gasteiger partial charge in [0.2, 0.25) is 5.91 Å². The van der Waals surface area contributed by atoms with Crippen molar-refractivity contribution in [3.8, 4) is 12.3 Å². The molecule has 0 spiro atoms. The van der Waals surface area contributed by atoms with Gasteiger partial charge in [-0.15, -0.1) is 6.42 Å². The minimum absolute atomic E-state index is 0.0167. The third-order valence-electron chi connectivity index (χ3n) is 7.53. The Bertz CT molecular complexity index is 1190. The van der Waals surface area contributed by atoms with Crippen LogP contribution in [-0.4, -0.2) is 15.9 Å². The summed E-state index contributed by atoms with van der Waals surface area (Å²) in [5.41, 5.74) is 2.76. The number of halogens is 1. The highest BCUT2D eigenvalue weighted by Gasteiger charge is 2.44. The van der Waals surface area contributed by atoms with Gasteiger partial charge in [0.15, 0.2) is 0 Å². The minimum Gasteiger partial charge on any atom is -0.310 e. The first-order valence-corrected chi connectivity index (χ1v) is 11.3. The van der Waals surface area contributed by atoms with Crippen molar-refractivity contribution in [3.05, 3.63) is 65.7 Å². The Morgan fingerprint density at radius 2 is 1.91 bits per heavy atom. The zero-order chi connectivity index (χ0) is 22.2. The smallest absolute Gasteiger partial charge is 0.228 e. The van der Waals surface area contributed by atoms with Gasteiger partial charge in [-0.2, -0.15) is 0 Å². The summed E-state index contributed by atoms with van der Waals surface area (Å²) in [6.45, 7) is 2.02. The lowest BCUT2D eigenvalue weighted by molar-refractivity contribution is -0.120. The van der Waals surface area contributed by atoms with E-state index < -0.39 is 0 Å². The lowest BCUT2D eigenvalue weighted by atomic mass is 9.86. The lowest BCUT2D eigenvalue weighted by Gasteiger charge is -2.21. The summed E-state index contributed by atoms with van der Waals surface area (Å²) in [6.07, 6.45) is 13.1. The van der Waals surface area contributed by atoms with Crippen LogP contribution in [0.4, 0.5) is 10.2 Å². The summed E-state index contributed by atoms with van der Waals surface area (Å²) in [5, 5.41) is 3.87. The van der Waals surface area contributed by atoms with Gasteiger partial charge in [0.05, 0.1) is 5.52 Å². The molecular weight excluding hydrogens is 401 g/mol. The number of carbonyl (C=O) groups excluding carboxylic acids is 1.